The van der Waals surface area contributed by atoms with Crippen LogP contribution in [0.5, 0.6) is 0 Å². The second-order valence-corrected chi connectivity index (χ2v) is 4.27. The molecule has 6 heteroatoms. The van der Waals surface area contributed by atoms with Crippen LogP contribution in [0.4, 0.5) is 5.69 Å². The molecule has 1 aromatic carbocycles. The van der Waals surface area contributed by atoms with E-state index in [4.69, 9.17) is 10.3 Å². The molecular formula is C13H16N4O2. The van der Waals surface area contributed by atoms with E-state index in [0.717, 1.165) is 5.56 Å². The fraction of sp³-hybridized carbons (Fsp3) is 0.308. The first-order valence-electron chi connectivity index (χ1n) is 6.00. The topological polar surface area (TPSA) is 94.0 Å². The third-order valence-electron chi connectivity index (χ3n) is 2.74. The van der Waals surface area contributed by atoms with Gasteiger partial charge in [-0.2, -0.15) is 4.98 Å². The molecule has 1 aromatic heterocycles. The summed E-state index contributed by atoms with van der Waals surface area (Å²) < 4.78 is 4.85. The number of anilines is 1. The summed E-state index contributed by atoms with van der Waals surface area (Å²) >= 11 is 0. The van der Waals surface area contributed by atoms with Crippen LogP contribution in [0.3, 0.4) is 0 Å². The molecule has 6 nitrogen and oxygen atoms in total. The second kappa shape index (κ2) is 5.51. The predicted octanol–water partition coefficient (Wildman–Crippen LogP) is 1.24. The smallest absolute Gasteiger partial charge is 0.253 e. The summed E-state index contributed by atoms with van der Waals surface area (Å²) in [5.74, 6) is 0.913. The summed E-state index contributed by atoms with van der Waals surface area (Å²) in [5, 5.41) is 6.56. The first kappa shape index (κ1) is 13.1. The lowest BCUT2D eigenvalue weighted by atomic mass is 10.1. The van der Waals surface area contributed by atoms with E-state index in [2.05, 4.69) is 15.5 Å². The number of rotatable bonds is 4. The van der Waals surface area contributed by atoms with Gasteiger partial charge in [0.2, 0.25) is 5.89 Å². The Morgan fingerprint density at radius 1 is 1.42 bits per heavy atom. The average molecular weight is 260 g/mol. The zero-order chi connectivity index (χ0) is 13.8. The maximum Gasteiger partial charge on any atom is 0.253 e. The Labute approximate surface area is 111 Å². The lowest BCUT2D eigenvalue weighted by Crippen LogP contribution is -2.27. The van der Waals surface area contributed by atoms with E-state index in [1.807, 2.05) is 19.1 Å². The Morgan fingerprint density at radius 3 is 2.84 bits per heavy atom. The van der Waals surface area contributed by atoms with Gasteiger partial charge in [-0.25, -0.2) is 0 Å². The molecule has 1 heterocycles. The molecule has 0 radical (unpaired) electrons. The third kappa shape index (κ3) is 3.09. The molecule has 0 aliphatic carbocycles. The molecule has 0 bridgehead atoms. The van der Waals surface area contributed by atoms with Crippen molar-refractivity contribution in [2.75, 3.05) is 12.3 Å². The standard InChI is InChI=1S/C13H16N4O2/c1-8-4-3-5-10(14)12(8)13(18)15-7-6-11-16-9(2)19-17-11/h3-5H,6-7,14H2,1-2H3,(H,15,18). The molecule has 2 rings (SSSR count). The molecule has 2 aromatic rings. The van der Waals surface area contributed by atoms with Gasteiger partial charge in [0.25, 0.3) is 5.91 Å². The molecule has 0 spiro atoms. The van der Waals surface area contributed by atoms with Crippen molar-refractivity contribution in [3.63, 3.8) is 0 Å². The number of benzene rings is 1. The van der Waals surface area contributed by atoms with Gasteiger partial charge < -0.3 is 15.6 Å². The molecule has 3 N–H and O–H groups in total. The Hall–Kier alpha value is -2.37. The molecule has 0 aliphatic heterocycles. The van der Waals surface area contributed by atoms with Crippen molar-refractivity contribution in [1.82, 2.24) is 15.5 Å². The Balaban J connectivity index is 1.94. The zero-order valence-corrected chi connectivity index (χ0v) is 10.9. The highest BCUT2D eigenvalue weighted by Crippen LogP contribution is 2.15. The van der Waals surface area contributed by atoms with Crippen LogP contribution in [-0.4, -0.2) is 22.6 Å². The van der Waals surface area contributed by atoms with Crippen molar-refractivity contribution in [1.29, 1.82) is 0 Å². The van der Waals surface area contributed by atoms with Gasteiger partial charge in [0.05, 0.1) is 5.56 Å². The first-order valence-corrected chi connectivity index (χ1v) is 6.00. The first-order chi connectivity index (χ1) is 9.08. The van der Waals surface area contributed by atoms with Crippen LogP contribution < -0.4 is 11.1 Å². The fourth-order valence-electron chi connectivity index (χ4n) is 1.82. The van der Waals surface area contributed by atoms with Crippen LogP contribution in [0.2, 0.25) is 0 Å². The molecule has 100 valence electrons. The van der Waals surface area contributed by atoms with E-state index in [1.165, 1.54) is 0 Å². The minimum absolute atomic E-state index is 0.184. The molecule has 0 fully saturated rings. The molecule has 0 saturated carbocycles. The molecular weight excluding hydrogens is 244 g/mol. The van der Waals surface area contributed by atoms with Gasteiger partial charge in [-0.05, 0) is 18.6 Å². The van der Waals surface area contributed by atoms with E-state index >= 15 is 0 Å². The van der Waals surface area contributed by atoms with Crippen LogP contribution in [0, 0.1) is 13.8 Å². The van der Waals surface area contributed by atoms with E-state index in [0.29, 0.717) is 35.9 Å². The lowest BCUT2D eigenvalue weighted by Gasteiger charge is -2.09. The summed E-state index contributed by atoms with van der Waals surface area (Å²) in [7, 11) is 0. The van der Waals surface area contributed by atoms with Crippen LogP contribution in [0.15, 0.2) is 22.7 Å². The van der Waals surface area contributed by atoms with Crippen molar-refractivity contribution < 1.29 is 9.32 Å². The van der Waals surface area contributed by atoms with Gasteiger partial charge in [-0.15, -0.1) is 0 Å². The summed E-state index contributed by atoms with van der Waals surface area (Å²) in [4.78, 5) is 16.1. The molecule has 0 atom stereocenters. The zero-order valence-electron chi connectivity index (χ0n) is 10.9. The summed E-state index contributed by atoms with van der Waals surface area (Å²) in [6.07, 6.45) is 0.523. The minimum Gasteiger partial charge on any atom is -0.398 e. The van der Waals surface area contributed by atoms with Crippen LogP contribution in [0.1, 0.15) is 27.6 Å². The number of hydrogen-bond acceptors (Lipinski definition) is 5. The highest BCUT2D eigenvalue weighted by Gasteiger charge is 2.12. The average Bonchev–Trinajstić information content (AvgIpc) is 2.75. The van der Waals surface area contributed by atoms with Crippen molar-refractivity contribution >= 4 is 11.6 Å². The number of carbonyl (C=O) groups is 1. The number of aryl methyl sites for hydroxylation is 2. The number of aromatic nitrogens is 2. The maximum absolute atomic E-state index is 12.0. The van der Waals surface area contributed by atoms with Crippen LogP contribution in [-0.2, 0) is 6.42 Å². The molecule has 0 aliphatic rings. The van der Waals surface area contributed by atoms with Gasteiger partial charge in [-0.1, -0.05) is 17.3 Å². The summed E-state index contributed by atoms with van der Waals surface area (Å²) in [6, 6.07) is 5.39. The lowest BCUT2D eigenvalue weighted by molar-refractivity contribution is 0.0954. The van der Waals surface area contributed by atoms with Crippen LogP contribution >= 0.6 is 0 Å². The highest BCUT2D eigenvalue weighted by molar-refractivity contribution is 6.00. The monoisotopic (exact) mass is 260 g/mol. The predicted molar refractivity (Wildman–Crippen MR) is 70.7 cm³/mol. The number of amides is 1. The minimum atomic E-state index is -0.184. The van der Waals surface area contributed by atoms with Gasteiger partial charge in [0.1, 0.15) is 0 Å². The number of nitrogen functional groups attached to an aromatic ring is 1. The normalized spacial score (nSPS) is 10.4. The van der Waals surface area contributed by atoms with Crippen molar-refractivity contribution in [3.8, 4) is 0 Å². The third-order valence-corrected chi connectivity index (χ3v) is 2.74. The van der Waals surface area contributed by atoms with E-state index in [1.54, 1.807) is 13.0 Å². The second-order valence-electron chi connectivity index (χ2n) is 4.27. The van der Waals surface area contributed by atoms with Crippen molar-refractivity contribution in [2.45, 2.75) is 20.3 Å². The van der Waals surface area contributed by atoms with Crippen molar-refractivity contribution in [2.24, 2.45) is 0 Å². The Kier molecular flexibility index (Phi) is 3.79. The molecule has 0 unspecified atom stereocenters. The highest BCUT2D eigenvalue weighted by atomic mass is 16.5. The molecule has 1 amide bonds. The maximum atomic E-state index is 12.0. The SMILES string of the molecule is Cc1nc(CCNC(=O)c2c(C)cccc2N)no1. The van der Waals surface area contributed by atoms with Gasteiger partial charge >= 0.3 is 0 Å². The van der Waals surface area contributed by atoms with Gasteiger partial charge in [-0.3, -0.25) is 4.79 Å². The quantitative estimate of drug-likeness (QED) is 0.807. The number of hydrogen-bond donors (Lipinski definition) is 2. The summed E-state index contributed by atoms with van der Waals surface area (Å²) in [5.41, 5.74) is 7.66. The number of nitrogens with zero attached hydrogens (tertiary/aromatic N) is 2. The van der Waals surface area contributed by atoms with E-state index < -0.39 is 0 Å². The number of nitrogens with two attached hydrogens (primary N) is 1. The number of carbonyl (C=O) groups excluding carboxylic acids is 1. The van der Waals surface area contributed by atoms with Gasteiger partial charge in [0, 0.05) is 25.6 Å². The fourth-order valence-corrected chi connectivity index (χ4v) is 1.82. The van der Waals surface area contributed by atoms with Crippen LogP contribution in [0.25, 0.3) is 0 Å². The number of nitrogens with one attached hydrogen (secondary N) is 1. The van der Waals surface area contributed by atoms with E-state index in [-0.39, 0.29) is 5.91 Å². The molecule has 19 heavy (non-hydrogen) atoms. The van der Waals surface area contributed by atoms with Gasteiger partial charge in [0.15, 0.2) is 5.82 Å². The Bertz CT molecular complexity index is 572. The molecule has 0 saturated heterocycles. The Morgan fingerprint density at radius 2 is 2.21 bits per heavy atom. The van der Waals surface area contributed by atoms with E-state index in [9.17, 15) is 4.79 Å². The largest absolute Gasteiger partial charge is 0.398 e. The summed E-state index contributed by atoms with van der Waals surface area (Å²) in [6.45, 7) is 4.02. The van der Waals surface area contributed by atoms with Crippen molar-refractivity contribution in [3.05, 3.63) is 41.0 Å².